The number of nitrogens with one attached hydrogen (secondary N) is 2. The third kappa shape index (κ3) is 4.56. The first-order valence-corrected chi connectivity index (χ1v) is 11.3. The molecule has 2 aromatic carbocycles. The number of hydrogen-bond donors (Lipinski definition) is 2. The molecule has 1 heterocycles. The summed E-state index contributed by atoms with van der Waals surface area (Å²) in [6.45, 7) is 4.05. The molecule has 3 rings (SSSR count). The highest BCUT2D eigenvalue weighted by Gasteiger charge is 2.38. The van der Waals surface area contributed by atoms with Crippen molar-refractivity contribution in [2.45, 2.75) is 37.6 Å². The number of urea groups is 1. The summed E-state index contributed by atoms with van der Waals surface area (Å²) in [6.07, 6.45) is 0.602. The number of anilines is 1. The number of carbonyl (C=O) groups is 2. The summed E-state index contributed by atoms with van der Waals surface area (Å²) in [5, 5.41) is 5.35. The Morgan fingerprint density at radius 3 is 2.60 bits per heavy atom. The Bertz CT molecular complexity index is 1020. The molecule has 0 spiro atoms. The lowest BCUT2D eigenvalue weighted by molar-refractivity contribution is 0.161. The van der Waals surface area contributed by atoms with Gasteiger partial charge >= 0.3 is 12.1 Å². The van der Waals surface area contributed by atoms with E-state index >= 15 is 0 Å². The Labute approximate surface area is 176 Å². The van der Waals surface area contributed by atoms with Crippen molar-refractivity contribution >= 4 is 27.8 Å². The van der Waals surface area contributed by atoms with Crippen LogP contribution in [0.4, 0.5) is 15.3 Å². The van der Waals surface area contributed by atoms with E-state index in [1.165, 1.54) is 18.2 Å². The maximum absolute atomic E-state index is 13.1. The van der Waals surface area contributed by atoms with E-state index in [4.69, 9.17) is 4.74 Å². The SMILES string of the molecule is CCCOC(=O)Nc1ccc(S(=O)(=O)N2C[C@H](c3ccccc3)NC2=O)cc1CC. The molecule has 1 aliphatic heterocycles. The molecule has 160 valence electrons. The number of amides is 3. The number of ether oxygens (including phenoxy) is 1. The quantitative estimate of drug-likeness (QED) is 0.696. The lowest BCUT2D eigenvalue weighted by Crippen LogP contribution is -2.34. The number of hydrogen-bond acceptors (Lipinski definition) is 5. The predicted octanol–water partition coefficient (Wildman–Crippen LogP) is 3.66. The van der Waals surface area contributed by atoms with Crippen LogP contribution in [0.2, 0.25) is 0 Å². The number of benzene rings is 2. The van der Waals surface area contributed by atoms with E-state index in [0.29, 0.717) is 30.7 Å². The molecule has 1 fully saturated rings. The summed E-state index contributed by atoms with van der Waals surface area (Å²) in [5.41, 5.74) is 1.94. The smallest absolute Gasteiger partial charge is 0.411 e. The molecular weight excluding hydrogens is 406 g/mol. The summed E-state index contributed by atoms with van der Waals surface area (Å²) < 4.78 is 32.1. The van der Waals surface area contributed by atoms with Crippen molar-refractivity contribution in [3.05, 3.63) is 59.7 Å². The van der Waals surface area contributed by atoms with Gasteiger partial charge < -0.3 is 10.1 Å². The van der Waals surface area contributed by atoms with Gasteiger partial charge in [-0.15, -0.1) is 0 Å². The zero-order valence-corrected chi connectivity index (χ0v) is 17.7. The highest BCUT2D eigenvalue weighted by molar-refractivity contribution is 7.89. The molecule has 0 radical (unpaired) electrons. The maximum atomic E-state index is 13.1. The summed E-state index contributed by atoms with van der Waals surface area (Å²) in [6, 6.07) is 12.5. The summed E-state index contributed by atoms with van der Waals surface area (Å²) in [5.74, 6) is 0. The molecule has 1 aliphatic rings. The molecule has 2 N–H and O–H groups in total. The van der Waals surface area contributed by atoms with Crippen molar-refractivity contribution in [3.8, 4) is 0 Å². The Kier molecular flexibility index (Phi) is 6.61. The fourth-order valence-corrected chi connectivity index (χ4v) is 4.61. The Hall–Kier alpha value is -3.07. The Balaban J connectivity index is 1.82. The van der Waals surface area contributed by atoms with Crippen LogP contribution in [0.15, 0.2) is 53.4 Å². The molecule has 1 atom stereocenters. The molecule has 3 amide bonds. The first-order chi connectivity index (χ1) is 14.4. The van der Waals surface area contributed by atoms with Gasteiger partial charge in [0.1, 0.15) is 0 Å². The van der Waals surface area contributed by atoms with Crippen LogP contribution in [0.3, 0.4) is 0 Å². The van der Waals surface area contributed by atoms with Gasteiger partial charge in [-0.3, -0.25) is 5.32 Å². The van der Waals surface area contributed by atoms with E-state index in [0.717, 1.165) is 9.87 Å². The molecule has 0 saturated carbocycles. The van der Waals surface area contributed by atoms with Crippen LogP contribution in [0.5, 0.6) is 0 Å². The molecule has 30 heavy (non-hydrogen) atoms. The van der Waals surface area contributed by atoms with Crippen LogP contribution in [0, 0.1) is 0 Å². The first kappa shape index (κ1) is 21.6. The first-order valence-electron chi connectivity index (χ1n) is 9.81. The summed E-state index contributed by atoms with van der Waals surface area (Å²) in [4.78, 5) is 24.2. The number of carbonyl (C=O) groups excluding carboxylic acids is 2. The van der Waals surface area contributed by atoms with Crippen molar-refractivity contribution in [2.75, 3.05) is 18.5 Å². The van der Waals surface area contributed by atoms with Gasteiger partial charge in [-0.05, 0) is 42.2 Å². The van der Waals surface area contributed by atoms with Crippen LogP contribution < -0.4 is 10.6 Å². The second kappa shape index (κ2) is 9.17. The zero-order valence-electron chi connectivity index (χ0n) is 16.9. The number of nitrogens with zero attached hydrogens (tertiary/aromatic N) is 1. The van der Waals surface area contributed by atoms with Crippen molar-refractivity contribution in [2.24, 2.45) is 0 Å². The van der Waals surface area contributed by atoms with Gasteiger partial charge in [0.25, 0.3) is 10.0 Å². The van der Waals surface area contributed by atoms with Crippen LogP contribution in [-0.2, 0) is 21.2 Å². The predicted molar refractivity (Wildman–Crippen MR) is 113 cm³/mol. The molecule has 0 aliphatic carbocycles. The van der Waals surface area contributed by atoms with Crippen molar-refractivity contribution < 1.29 is 22.7 Å². The number of sulfonamides is 1. The van der Waals surface area contributed by atoms with E-state index in [9.17, 15) is 18.0 Å². The minimum absolute atomic E-state index is 0.00399. The minimum Gasteiger partial charge on any atom is -0.449 e. The number of aryl methyl sites for hydroxylation is 1. The monoisotopic (exact) mass is 431 g/mol. The lowest BCUT2D eigenvalue weighted by atomic mass is 10.1. The second-order valence-corrected chi connectivity index (χ2v) is 8.74. The van der Waals surface area contributed by atoms with Crippen LogP contribution >= 0.6 is 0 Å². The molecule has 9 heteroatoms. The van der Waals surface area contributed by atoms with Crippen molar-refractivity contribution in [1.29, 1.82) is 0 Å². The van der Waals surface area contributed by atoms with Crippen molar-refractivity contribution in [1.82, 2.24) is 9.62 Å². The topological polar surface area (TPSA) is 105 Å². The number of rotatable bonds is 7. The van der Waals surface area contributed by atoms with Gasteiger partial charge in [0.15, 0.2) is 0 Å². The van der Waals surface area contributed by atoms with Gasteiger partial charge in [0.2, 0.25) is 0 Å². The molecule has 0 aromatic heterocycles. The minimum atomic E-state index is -4.04. The second-order valence-electron chi connectivity index (χ2n) is 6.88. The van der Waals surface area contributed by atoms with Crippen LogP contribution in [-0.4, -0.2) is 38.0 Å². The Morgan fingerprint density at radius 1 is 1.20 bits per heavy atom. The van der Waals surface area contributed by atoms with Crippen LogP contribution in [0.25, 0.3) is 0 Å². The van der Waals surface area contributed by atoms with E-state index in [2.05, 4.69) is 10.6 Å². The fraction of sp³-hybridized carbons (Fsp3) is 0.333. The molecular formula is C21H25N3O5S. The van der Waals surface area contributed by atoms with E-state index in [-0.39, 0.29) is 11.4 Å². The highest BCUT2D eigenvalue weighted by Crippen LogP contribution is 2.28. The average molecular weight is 432 g/mol. The summed E-state index contributed by atoms with van der Waals surface area (Å²) in [7, 11) is -4.04. The van der Waals surface area contributed by atoms with Gasteiger partial charge in [-0.2, -0.15) is 0 Å². The largest absolute Gasteiger partial charge is 0.449 e. The van der Waals surface area contributed by atoms with Crippen molar-refractivity contribution in [3.63, 3.8) is 0 Å². The van der Waals surface area contributed by atoms with Crippen LogP contribution in [0.1, 0.15) is 37.4 Å². The third-order valence-corrected chi connectivity index (χ3v) is 6.54. The maximum Gasteiger partial charge on any atom is 0.411 e. The standard InChI is InChI=1S/C21H25N3O5S/c1-3-12-29-21(26)23-18-11-10-17(13-15(18)4-2)30(27,28)24-14-19(22-20(24)25)16-8-6-5-7-9-16/h5-11,13,19H,3-4,12,14H2,1-2H3,(H,22,25)(H,23,26)/t19-/m1/s1. The highest BCUT2D eigenvalue weighted by atomic mass is 32.2. The molecule has 0 unspecified atom stereocenters. The fourth-order valence-electron chi connectivity index (χ4n) is 3.21. The Morgan fingerprint density at radius 2 is 1.93 bits per heavy atom. The van der Waals surface area contributed by atoms with Gasteiger partial charge in [-0.25, -0.2) is 22.3 Å². The lowest BCUT2D eigenvalue weighted by Gasteiger charge is -2.17. The summed E-state index contributed by atoms with van der Waals surface area (Å²) >= 11 is 0. The molecule has 2 aromatic rings. The van der Waals surface area contributed by atoms with Gasteiger partial charge in [0, 0.05) is 5.69 Å². The average Bonchev–Trinajstić information content (AvgIpc) is 3.15. The molecule has 8 nitrogen and oxygen atoms in total. The van der Waals surface area contributed by atoms with Gasteiger partial charge in [0.05, 0.1) is 24.1 Å². The van der Waals surface area contributed by atoms with E-state index in [1.807, 2.05) is 44.2 Å². The normalized spacial score (nSPS) is 16.3. The van der Waals surface area contributed by atoms with Gasteiger partial charge in [-0.1, -0.05) is 44.2 Å². The molecule has 1 saturated heterocycles. The third-order valence-electron chi connectivity index (χ3n) is 4.79. The molecule has 0 bridgehead atoms. The van der Waals surface area contributed by atoms with E-state index < -0.39 is 28.2 Å². The zero-order chi connectivity index (χ0) is 21.7. The van der Waals surface area contributed by atoms with E-state index in [1.54, 1.807) is 0 Å².